The lowest BCUT2D eigenvalue weighted by atomic mass is 10.1. The van der Waals surface area contributed by atoms with Gasteiger partial charge in [0.1, 0.15) is 5.69 Å². The highest BCUT2D eigenvalue weighted by Crippen LogP contribution is 2.42. The minimum absolute atomic E-state index is 0.0300. The molecule has 1 aromatic carbocycles. The van der Waals surface area contributed by atoms with E-state index in [1.807, 2.05) is 0 Å². The number of hydrogen-bond acceptors (Lipinski definition) is 3. The second-order valence-corrected chi connectivity index (χ2v) is 5.12. The maximum Gasteiger partial charge on any atom is 0.230 e. The Morgan fingerprint density at radius 1 is 1.39 bits per heavy atom. The summed E-state index contributed by atoms with van der Waals surface area (Å²) < 4.78 is 5.12. The average molecular weight is 311 g/mol. The maximum atomic E-state index is 11.9. The number of carbonyl (C=O) groups excluding carboxylic acids is 1. The van der Waals surface area contributed by atoms with Crippen LogP contribution in [0.5, 0.6) is 5.75 Å². The van der Waals surface area contributed by atoms with E-state index in [0.29, 0.717) is 19.6 Å². The molecule has 4 nitrogen and oxygen atoms in total. The van der Waals surface area contributed by atoms with Crippen molar-refractivity contribution in [2.45, 2.75) is 6.42 Å². The molecule has 18 heavy (non-hydrogen) atoms. The standard InChI is InChI=1S/C11H10Cl3NO3/c12-6-3-7(13)10(16)9(8(6)14)15-11(17)5-1-2-18-4-5/h3,5,16H,1-2,4H2,(H,15,17). The number of hydrogen-bond donors (Lipinski definition) is 2. The van der Waals surface area contributed by atoms with Crippen molar-refractivity contribution >= 4 is 46.4 Å². The molecule has 0 spiro atoms. The fourth-order valence-electron chi connectivity index (χ4n) is 1.67. The van der Waals surface area contributed by atoms with E-state index in [1.54, 1.807) is 0 Å². The number of phenols is 1. The van der Waals surface area contributed by atoms with E-state index >= 15 is 0 Å². The summed E-state index contributed by atoms with van der Waals surface area (Å²) in [6.07, 6.45) is 0.637. The van der Waals surface area contributed by atoms with E-state index in [0.717, 1.165) is 0 Å². The van der Waals surface area contributed by atoms with Crippen molar-refractivity contribution in [3.05, 3.63) is 21.1 Å². The topological polar surface area (TPSA) is 58.6 Å². The molecule has 1 heterocycles. The third-order valence-electron chi connectivity index (χ3n) is 2.69. The van der Waals surface area contributed by atoms with Crippen molar-refractivity contribution in [1.82, 2.24) is 0 Å². The molecule has 0 radical (unpaired) electrons. The van der Waals surface area contributed by atoms with Crippen molar-refractivity contribution in [3.63, 3.8) is 0 Å². The van der Waals surface area contributed by atoms with Gasteiger partial charge in [-0.25, -0.2) is 0 Å². The van der Waals surface area contributed by atoms with Crippen molar-refractivity contribution < 1.29 is 14.6 Å². The second-order valence-electron chi connectivity index (χ2n) is 3.93. The minimum atomic E-state index is -0.293. The highest BCUT2D eigenvalue weighted by atomic mass is 35.5. The van der Waals surface area contributed by atoms with Crippen molar-refractivity contribution in [2.24, 2.45) is 5.92 Å². The summed E-state index contributed by atoms with van der Waals surface area (Å²) in [6, 6.07) is 1.31. The summed E-state index contributed by atoms with van der Waals surface area (Å²) in [5.41, 5.74) is 0.0334. The molecule has 2 rings (SSSR count). The predicted octanol–water partition coefficient (Wildman–Crippen LogP) is 3.33. The van der Waals surface area contributed by atoms with Gasteiger partial charge in [-0.15, -0.1) is 0 Å². The molecular weight excluding hydrogens is 300 g/mol. The van der Waals surface area contributed by atoms with Crippen LogP contribution in [0, 0.1) is 5.92 Å². The quantitative estimate of drug-likeness (QED) is 0.651. The Hall–Kier alpha value is -0.680. The number of rotatable bonds is 2. The van der Waals surface area contributed by atoms with Crippen molar-refractivity contribution in [1.29, 1.82) is 0 Å². The van der Waals surface area contributed by atoms with Gasteiger partial charge in [0.25, 0.3) is 0 Å². The number of amides is 1. The lowest BCUT2D eigenvalue weighted by Gasteiger charge is -2.13. The number of ether oxygens (including phenoxy) is 1. The average Bonchev–Trinajstić information content (AvgIpc) is 2.85. The molecule has 1 amide bonds. The molecule has 1 fully saturated rings. The molecule has 1 atom stereocenters. The van der Waals surface area contributed by atoms with E-state index in [2.05, 4.69) is 5.32 Å². The van der Waals surface area contributed by atoms with Crippen LogP contribution in [0.4, 0.5) is 5.69 Å². The van der Waals surface area contributed by atoms with Gasteiger partial charge in [0.15, 0.2) is 5.75 Å². The maximum absolute atomic E-state index is 11.9. The van der Waals surface area contributed by atoms with Crippen molar-refractivity contribution in [3.8, 4) is 5.75 Å². The largest absolute Gasteiger partial charge is 0.504 e. The molecule has 0 saturated carbocycles. The van der Waals surface area contributed by atoms with Gasteiger partial charge >= 0.3 is 0 Å². The first-order chi connectivity index (χ1) is 8.50. The number of phenolic OH excluding ortho intramolecular Hbond substituents is 1. The first-order valence-corrected chi connectivity index (χ1v) is 6.39. The van der Waals surface area contributed by atoms with Gasteiger partial charge in [0.05, 0.1) is 27.6 Å². The summed E-state index contributed by atoms with van der Waals surface area (Å²) in [6.45, 7) is 0.909. The zero-order chi connectivity index (χ0) is 13.3. The van der Waals surface area contributed by atoms with E-state index < -0.39 is 0 Å². The van der Waals surface area contributed by atoms with Gasteiger partial charge in [-0.2, -0.15) is 0 Å². The van der Waals surface area contributed by atoms with Crippen LogP contribution < -0.4 is 5.32 Å². The summed E-state index contributed by atoms with van der Waals surface area (Å²) in [7, 11) is 0. The van der Waals surface area contributed by atoms with E-state index in [-0.39, 0.29) is 38.3 Å². The molecule has 7 heteroatoms. The van der Waals surface area contributed by atoms with Crippen LogP contribution in [0.3, 0.4) is 0 Å². The number of anilines is 1. The first-order valence-electron chi connectivity index (χ1n) is 5.25. The Bertz CT molecular complexity index is 461. The smallest absolute Gasteiger partial charge is 0.230 e. The normalized spacial score (nSPS) is 18.9. The first kappa shape index (κ1) is 13.7. The summed E-state index contributed by atoms with van der Waals surface area (Å²) >= 11 is 17.5. The Kier molecular flexibility index (Phi) is 4.22. The van der Waals surface area contributed by atoms with E-state index in [9.17, 15) is 9.90 Å². The van der Waals surface area contributed by atoms with Crippen LogP contribution in [-0.2, 0) is 9.53 Å². The third-order valence-corrected chi connectivity index (χ3v) is 3.77. The molecule has 98 valence electrons. The van der Waals surface area contributed by atoms with Gasteiger partial charge in [-0.1, -0.05) is 34.8 Å². The van der Waals surface area contributed by atoms with Crippen LogP contribution in [0.1, 0.15) is 6.42 Å². The second kappa shape index (κ2) is 5.53. The van der Waals surface area contributed by atoms with Gasteiger partial charge in [0, 0.05) is 6.61 Å². The van der Waals surface area contributed by atoms with E-state index in [4.69, 9.17) is 39.5 Å². The molecule has 1 aliphatic rings. The summed E-state index contributed by atoms with van der Waals surface area (Å²) in [5.74, 6) is -0.820. The summed E-state index contributed by atoms with van der Waals surface area (Å²) in [5, 5.41) is 12.6. The number of nitrogens with one attached hydrogen (secondary N) is 1. The van der Waals surface area contributed by atoms with Crippen LogP contribution in [0.25, 0.3) is 0 Å². The lowest BCUT2D eigenvalue weighted by molar-refractivity contribution is -0.119. The molecule has 2 N–H and O–H groups in total. The summed E-state index contributed by atoms with van der Waals surface area (Å²) in [4.78, 5) is 11.9. The van der Waals surface area contributed by atoms with Crippen LogP contribution in [0.15, 0.2) is 6.07 Å². The molecule has 0 aromatic heterocycles. The van der Waals surface area contributed by atoms with Gasteiger partial charge in [0.2, 0.25) is 5.91 Å². The Morgan fingerprint density at radius 3 is 2.72 bits per heavy atom. The van der Waals surface area contributed by atoms with Gasteiger partial charge < -0.3 is 15.2 Å². The molecule has 1 aliphatic heterocycles. The molecule has 1 aromatic rings. The SMILES string of the molecule is O=C(Nc1c(O)c(Cl)cc(Cl)c1Cl)C1CCOC1. The Labute approximate surface area is 119 Å². The third kappa shape index (κ3) is 2.67. The molecule has 0 aliphatic carbocycles. The van der Waals surface area contributed by atoms with Crippen LogP contribution in [-0.4, -0.2) is 24.2 Å². The lowest BCUT2D eigenvalue weighted by Crippen LogP contribution is -2.23. The monoisotopic (exact) mass is 309 g/mol. The molecular formula is C11H10Cl3NO3. The minimum Gasteiger partial charge on any atom is -0.504 e. The fraction of sp³-hybridized carbons (Fsp3) is 0.364. The van der Waals surface area contributed by atoms with Crippen LogP contribution >= 0.6 is 34.8 Å². The highest BCUT2D eigenvalue weighted by Gasteiger charge is 2.26. The fourth-order valence-corrected chi connectivity index (χ4v) is 2.32. The zero-order valence-electron chi connectivity index (χ0n) is 9.17. The van der Waals surface area contributed by atoms with Crippen LogP contribution in [0.2, 0.25) is 15.1 Å². The number of carbonyl (C=O) groups is 1. The molecule has 1 saturated heterocycles. The van der Waals surface area contributed by atoms with Crippen molar-refractivity contribution in [2.75, 3.05) is 18.5 Å². The Balaban J connectivity index is 2.25. The van der Waals surface area contributed by atoms with Gasteiger partial charge in [-0.3, -0.25) is 4.79 Å². The number of benzene rings is 1. The highest BCUT2D eigenvalue weighted by molar-refractivity contribution is 6.46. The molecule has 0 bridgehead atoms. The zero-order valence-corrected chi connectivity index (χ0v) is 11.4. The number of halogens is 3. The predicted molar refractivity (Wildman–Crippen MR) is 70.7 cm³/mol. The Morgan fingerprint density at radius 2 is 2.11 bits per heavy atom. The number of aromatic hydroxyl groups is 1. The van der Waals surface area contributed by atoms with E-state index in [1.165, 1.54) is 6.07 Å². The molecule has 1 unspecified atom stereocenters. The van der Waals surface area contributed by atoms with Gasteiger partial charge in [-0.05, 0) is 12.5 Å².